The van der Waals surface area contributed by atoms with Crippen molar-refractivity contribution in [3.05, 3.63) is 28.2 Å². The number of halogens is 2. The summed E-state index contributed by atoms with van der Waals surface area (Å²) in [5.41, 5.74) is 0.639. The van der Waals surface area contributed by atoms with Gasteiger partial charge in [0.1, 0.15) is 5.75 Å². The maximum atomic E-state index is 11.3. The van der Waals surface area contributed by atoms with Gasteiger partial charge >= 0.3 is 0 Å². The van der Waals surface area contributed by atoms with Crippen molar-refractivity contribution in [1.29, 1.82) is 0 Å². The number of rotatable bonds is 0. The van der Waals surface area contributed by atoms with Gasteiger partial charge < -0.3 is 4.74 Å². The van der Waals surface area contributed by atoms with Gasteiger partial charge in [0.2, 0.25) is 10.8 Å². The average Bonchev–Trinajstić information content (AvgIpc) is 2.28. The molecule has 2 nitrogen and oxygen atoms in total. The first-order chi connectivity index (χ1) is 5.68. The van der Waals surface area contributed by atoms with Crippen LogP contribution >= 0.6 is 31.9 Å². The molecular formula is C8H4Br2O2. The minimum atomic E-state index is -0.512. The van der Waals surface area contributed by atoms with Crippen molar-refractivity contribution in [1.82, 2.24) is 0 Å². The minimum absolute atomic E-state index is 0.0162. The van der Waals surface area contributed by atoms with E-state index in [1.54, 1.807) is 12.1 Å². The van der Waals surface area contributed by atoms with Crippen LogP contribution in [0.25, 0.3) is 0 Å². The normalized spacial score (nSPS) is 20.5. The van der Waals surface area contributed by atoms with Gasteiger partial charge in [0.05, 0.1) is 5.56 Å². The van der Waals surface area contributed by atoms with Gasteiger partial charge in [-0.05, 0) is 34.1 Å². The van der Waals surface area contributed by atoms with E-state index in [0.29, 0.717) is 11.3 Å². The van der Waals surface area contributed by atoms with E-state index < -0.39 is 5.01 Å². The monoisotopic (exact) mass is 290 g/mol. The van der Waals surface area contributed by atoms with Crippen molar-refractivity contribution in [2.45, 2.75) is 5.01 Å². The highest BCUT2D eigenvalue weighted by Gasteiger charge is 2.29. The molecule has 0 radical (unpaired) electrons. The fourth-order valence-corrected chi connectivity index (χ4v) is 1.87. The van der Waals surface area contributed by atoms with Crippen LogP contribution in [0, 0.1) is 0 Å². The molecule has 0 saturated carbocycles. The Hall–Kier alpha value is -0.350. The summed E-state index contributed by atoms with van der Waals surface area (Å²) in [4.78, 5) is 11.3. The number of hydrogen-bond acceptors (Lipinski definition) is 2. The van der Waals surface area contributed by atoms with Crippen molar-refractivity contribution < 1.29 is 9.53 Å². The standard InChI is InChI=1S/C8H4Br2O2/c9-4-1-2-5-6(3-4)12-8(10)7(5)11/h1-3,8H. The Kier molecular flexibility index (Phi) is 1.96. The summed E-state index contributed by atoms with van der Waals surface area (Å²) in [5, 5.41) is -0.512. The molecule has 1 heterocycles. The first-order valence-electron chi connectivity index (χ1n) is 3.33. The number of carbonyl (C=O) groups excluding carboxylic acids is 1. The van der Waals surface area contributed by atoms with Gasteiger partial charge in [0, 0.05) is 4.47 Å². The molecule has 1 unspecified atom stereocenters. The van der Waals surface area contributed by atoms with Crippen LogP contribution in [0.4, 0.5) is 0 Å². The average molecular weight is 292 g/mol. The Morgan fingerprint density at radius 1 is 1.42 bits per heavy atom. The highest BCUT2D eigenvalue weighted by Crippen LogP contribution is 2.33. The molecular weight excluding hydrogens is 288 g/mol. The lowest BCUT2D eigenvalue weighted by molar-refractivity contribution is 0.0942. The fourth-order valence-electron chi connectivity index (χ4n) is 1.08. The molecule has 1 aliphatic rings. The molecule has 1 atom stereocenters. The third-order valence-corrected chi connectivity index (χ3v) is 2.74. The zero-order valence-electron chi connectivity index (χ0n) is 5.88. The number of ketones is 1. The number of ether oxygens (including phenoxy) is 1. The quantitative estimate of drug-likeness (QED) is 0.687. The molecule has 0 spiro atoms. The molecule has 0 saturated heterocycles. The van der Waals surface area contributed by atoms with Crippen LogP contribution in [0.15, 0.2) is 22.7 Å². The SMILES string of the molecule is O=C1c2ccc(Br)cc2OC1Br. The van der Waals surface area contributed by atoms with E-state index in [4.69, 9.17) is 4.74 Å². The molecule has 1 aromatic carbocycles. The summed E-state index contributed by atoms with van der Waals surface area (Å²) < 4.78 is 6.15. The van der Waals surface area contributed by atoms with Gasteiger partial charge in [-0.25, -0.2) is 0 Å². The lowest BCUT2D eigenvalue weighted by Crippen LogP contribution is -2.10. The Labute approximate surface area is 86.2 Å². The van der Waals surface area contributed by atoms with Crippen LogP contribution in [0.2, 0.25) is 0 Å². The van der Waals surface area contributed by atoms with Crippen LogP contribution in [0.5, 0.6) is 5.75 Å². The van der Waals surface area contributed by atoms with Crippen LogP contribution in [0.3, 0.4) is 0 Å². The van der Waals surface area contributed by atoms with Crippen molar-refractivity contribution in [2.24, 2.45) is 0 Å². The second kappa shape index (κ2) is 2.85. The highest BCUT2D eigenvalue weighted by atomic mass is 79.9. The summed E-state index contributed by atoms with van der Waals surface area (Å²) in [6.45, 7) is 0. The van der Waals surface area contributed by atoms with Crippen molar-refractivity contribution in [3.8, 4) is 5.75 Å². The summed E-state index contributed by atoms with van der Waals surface area (Å²) in [6, 6.07) is 5.36. The number of hydrogen-bond donors (Lipinski definition) is 0. The van der Waals surface area contributed by atoms with Gasteiger partial charge in [0.15, 0.2) is 0 Å². The smallest absolute Gasteiger partial charge is 0.218 e. The lowest BCUT2D eigenvalue weighted by Gasteiger charge is -1.98. The second-order valence-electron chi connectivity index (χ2n) is 2.44. The molecule has 1 aromatic rings. The largest absolute Gasteiger partial charge is 0.470 e. The third kappa shape index (κ3) is 1.19. The van der Waals surface area contributed by atoms with E-state index in [-0.39, 0.29) is 5.78 Å². The number of carbonyl (C=O) groups is 1. The zero-order valence-corrected chi connectivity index (χ0v) is 9.05. The molecule has 2 rings (SSSR count). The van der Waals surface area contributed by atoms with Crippen LogP contribution in [-0.2, 0) is 0 Å². The molecule has 62 valence electrons. The number of Topliss-reactive ketones (excluding diaryl/α,β-unsaturated/α-hetero) is 1. The predicted molar refractivity (Wildman–Crippen MR) is 51.8 cm³/mol. The third-order valence-electron chi connectivity index (χ3n) is 1.65. The van der Waals surface area contributed by atoms with E-state index in [2.05, 4.69) is 31.9 Å². The van der Waals surface area contributed by atoms with E-state index in [1.165, 1.54) is 0 Å². The summed E-state index contributed by atoms with van der Waals surface area (Å²) >= 11 is 6.42. The topological polar surface area (TPSA) is 26.3 Å². The van der Waals surface area contributed by atoms with Gasteiger partial charge in [-0.2, -0.15) is 0 Å². The van der Waals surface area contributed by atoms with Crippen LogP contribution in [-0.4, -0.2) is 10.8 Å². The first kappa shape index (κ1) is 8.26. The van der Waals surface area contributed by atoms with Crippen LogP contribution in [0.1, 0.15) is 10.4 Å². The summed E-state index contributed by atoms with van der Waals surface area (Å²) in [5.74, 6) is 0.619. The fraction of sp³-hybridized carbons (Fsp3) is 0.125. The minimum Gasteiger partial charge on any atom is -0.470 e. The van der Waals surface area contributed by atoms with Crippen molar-refractivity contribution in [3.63, 3.8) is 0 Å². The van der Waals surface area contributed by atoms with E-state index in [0.717, 1.165) is 4.47 Å². The zero-order chi connectivity index (χ0) is 8.72. The number of fused-ring (bicyclic) bond motifs is 1. The molecule has 0 aliphatic carbocycles. The van der Waals surface area contributed by atoms with Gasteiger partial charge in [0.25, 0.3) is 0 Å². The van der Waals surface area contributed by atoms with E-state index >= 15 is 0 Å². The molecule has 0 N–H and O–H groups in total. The number of benzene rings is 1. The Morgan fingerprint density at radius 2 is 2.17 bits per heavy atom. The summed E-state index contributed by atoms with van der Waals surface area (Å²) in [6.07, 6.45) is 0. The first-order valence-corrected chi connectivity index (χ1v) is 5.04. The molecule has 0 amide bonds. The predicted octanol–water partition coefficient (Wildman–Crippen LogP) is 2.75. The van der Waals surface area contributed by atoms with Gasteiger partial charge in [-0.1, -0.05) is 15.9 Å². The number of alkyl halides is 1. The Morgan fingerprint density at radius 3 is 2.92 bits per heavy atom. The maximum Gasteiger partial charge on any atom is 0.218 e. The van der Waals surface area contributed by atoms with Gasteiger partial charge in [-0.15, -0.1) is 0 Å². The molecule has 0 fully saturated rings. The molecule has 1 aliphatic heterocycles. The van der Waals surface area contributed by atoms with E-state index in [1.807, 2.05) is 6.07 Å². The van der Waals surface area contributed by atoms with Crippen molar-refractivity contribution in [2.75, 3.05) is 0 Å². The molecule has 12 heavy (non-hydrogen) atoms. The molecule has 0 bridgehead atoms. The maximum absolute atomic E-state index is 11.3. The molecule has 0 aromatic heterocycles. The van der Waals surface area contributed by atoms with Crippen LogP contribution < -0.4 is 4.74 Å². The Balaban J connectivity index is 2.54. The second-order valence-corrected chi connectivity index (χ2v) is 4.19. The summed E-state index contributed by atoms with van der Waals surface area (Å²) in [7, 11) is 0. The van der Waals surface area contributed by atoms with Gasteiger partial charge in [-0.3, -0.25) is 4.79 Å². The van der Waals surface area contributed by atoms with Crippen molar-refractivity contribution >= 4 is 37.6 Å². The lowest BCUT2D eigenvalue weighted by atomic mass is 10.1. The van der Waals surface area contributed by atoms with E-state index in [9.17, 15) is 4.79 Å². The Bertz CT molecular complexity index is 349. The molecule has 4 heteroatoms. The highest BCUT2D eigenvalue weighted by molar-refractivity contribution is 9.10.